The molecule has 2 aromatic rings. The van der Waals surface area contributed by atoms with E-state index in [9.17, 15) is 4.39 Å². The fourth-order valence-corrected chi connectivity index (χ4v) is 2.29. The number of hydrogen-bond donors (Lipinski definition) is 0. The average molecular weight is 350 g/mol. The van der Waals surface area contributed by atoms with Gasteiger partial charge in [0.15, 0.2) is 0 Å². The van der Waals surface area contributed by atoms with E-state index in [-0.39, 0.29) is 5.02 Å². The van der Waals surface area contributed by atoms with Crippen LogP contribution in [0.4, 0.5) is 4.39 Å². The van der Waals surface area contributed by atoms with Crippen molar-refractivity contribution >= 4 is 39.1 Å². The molecule has 0 N–H and O–H groups in total. The molecule has 0 bridgehead atoms. The third-order valence-corrected chi connectivity index (χ3v) is 3.47. The third kappa shape index (κ3) is 3.16. The van der Waals surface area contributed by atoms with Gasteiger partial charge in [0, 0.05) is 11.9 Å². The maximum atomic E-state index is 13.4. The summed E-state index contributed by atoms with van der Waals surface area (Å²) in [6, 6.07) is 9.98. The fraction of sp³-hybridized carbons (Fsp3) is 0.0769. The number of ether oxygens (including phenoxy) is 1. The molecule has 0 aliphatic rings. The highest BCUT2D eigenvalue weighted by Crippen LogP contribution is 2.34. The van der Waals surface area contributed by atoms with Crippen LogP contribution in [0.2, 0.25) is 5.02 Å². The SMILES string of the molecule is Fc1cc(Oc2cccc(CCl)c2)c(Br)cc1Cl. The van der Waals surface area contributed by atoms with Gasteiger partial charge in [-0.15, -0.1) is 11.6 Å². The second-order valence-electron chi connectivity index (χ2n) is 3.58. The molecule has 5 heteroatoms. The second kappa shape index (κ2) is 5.91. The first-order chi connectivity index (χ1) is 8.60. The van der Waals surface area contributed by atoms with Crippen molar-refractivity contribution in [2.75, 3.05) is 0 Å². The van der Waals surface area contributed by atoms with Gasteiger partial charge >= 0.3 is 0 Å². The number of rotatable bonds is 3. The van der Waals surface area contributed by atoms with E-state index in [1.54, 1.807) is 12.1 Å². The van der Waals surface area contributed by atoms with Gasteiger partial charge < -0.3 is 4.74 Å². The van der Waals surface area contributed by atoms with Crippen LogP contribution in [0.1, 0.15) is 5.56 Å². The van der Waals surface area contributed by atoms with E-state index < -0.39 is 5.82 Å². The Bertz CT molecular complexity index is 575. The molecule has 0 unspecified atom stereocenters. The molecule has 0 saturated heterocycles. The molecule has 0 amide bonds. The number of benzene rings is 2. The van der Waals surface area contributed by atoms with Crippen LogP contribution in [0.5, 0.6) is 11.5 Å². The Morgan fingerprint density at radius 2 is 2.00 bits per heavy atom. The summed E-state index contributed by atoms with van der Waals surface area (Å²) in [6.07, 6.45) is 0. The highest BCUT2D eigenvalue weighted by molar-refractivity contribution is 9.10. The first-order valence-electron chi connectivity index (χ1n) is 5.07. The lowest BCUT2D eigenvalue weighted by Crippen LogP contribution is -1.89. The van der Waals surface area contributed by atoms with Crippen LogP contribution in [0.3, 0.4) is 0 Å². The number of alkyl halides is 1. The summed E-state index contributed by atoms with van der Waals surface area (Å²) >= 11 is 14.7. The first kappa shape index (κ1) is 13.7. The molecular weight excluding hydrogens is 342 g/mol. The van der Waals surface area contributed by atoms with Crippen molar-refractivity contribution in [3.8, 4) is 11.5 Å². The van der Waals surface area contributed by atoms with Gasteiger partial charge in [-0.3, -0.25) is 0 Å². The van der Waals surface area contributed by atoms with E-state index >= 15 is 0 Å². The fourth-order valence-electron chi connectivity index (χ4n) is 1.40. The Hall–Kier alpha value is -0.770. The summed E-state index contributed by atoms with van der Waals surface area (Å²) in [6.45, 7) is 0. The van der Waals surface area contributed by atoms with Gasteiger partial charge in [-0.2, -0.15) is 0 Å². The molecule has 2 rings (SSSR count). The molecule has 0 aromatic heterocycles. The Morgan fingerprint density at radius 1 is 1.22 bits per heavy atom. The minimum absolute atomic E-state index is 0.0451. The van der Waals surface area contributed by atoms with E-state index in [0.29, 0.717) is 21.9 Å². The summed E-state index contributed by atoms with van der Waals surface area (Å²) < 4.78 is 19.5. The van der Waals surface area contributed by atoms with Gasteiger partial charge in [-0.1, -0.05) is 23.7 Å². The monoisotopic (exact) mass is 348 g/mol. The second-order valence-corrected chi connectivity index (χ2v) is 5.11. The van der Waals surface area contributed by atoms with Crippen LogP contribution in [-0.2, 0) is 5.88 Å². The molecule has 18 heavy (non-hydrogen) atoms. The van der Waals surface area contributed by atoms with E-state index in [4.69, 9.17) is 27.9 Å². The van der Waals surface area contributed by atoms with E-state index in [2.05, 4.69) is 15.9 Å². The lowest BCUT2D eigenvalue weighted by atomic mass is 10.2. The van der Waals surface area contributed by atoms with Crippen molar-refractivity contribution in [1.29, 1.82) is 0 Å². The quantitative estimate of drug-likeness (QED) is 0.504. The zero-order chi connectivity index (χ0) is 13.1. The molecule has 0 fully saturated rings. The van der Waals surface area contributed by atoms with Crippen LogP contribution in [0, 0.1) is 5.82 Å². The Morgan fingerprint density at radius 3 is 2.72 bits per heavy atom. The normalized spacial score (nSPS) is 10.4. The molecule has 0 aliphatic heterocycles. The van der Waals surface area contributed by atoms with E-state index in [1.807, 2.05) is 12.1 Å². The van der Waals surface area contributed by atoms with E-state index in [0.717, 1.165) is 5.56 Å². The molecule has 0 aliphatic carbocycles. The topological polar surface area (TPSA) is 9.23 Å². The van der Waals surface area contributed by atoms with Crippen molar-refractivity contribution in [2.45, 2.75) is 5.88 Å². The van der Waals surface area contributed by atoms with E-state index in [1.165, 1.54) is 12.1 Å². The van der Waals surface area contributed by atoms with Crippen molar-refractivity contribution in [1.82, 2.24) is 0 Å². The Labute approximate surface area is 123 Å². The molecule has 2 aromatic carbocycles. The minimum atomic E-state index is -0.525. The summed E-state index contributed by atoms with van der Waals surface area (Å²) in [4.78, 5) is 0. The minimum Gasteiger partial charge on any atom is -0.456 e. The van der Waals surface area contributed by atoms with Crippen LogP contribution in [0.15, 0.2) is 40.9 Å². The van der Waals surface area contributed by atoms with Crippen LogP contribution >= 0.6 is 39.1 Å². The summed E-state index contributed by atoms with van der Waals surface area (Å²) in [5.41, 5.74) is 0.930. The maximum Gasteiger partial charge on any atom is 0.145 e. The molecular formula is C13H8BrCl2FO. The number of halogens is 4. The van der Waals surface area contributed by atoms with Crippen molar-refractivity contribution in [3.63, 3.8) is 0 Å². The zero-order valence-electron chi connectivity index (χ0n) is 9.09. The maximum absolute atomic E-state index is 13.4. The van der Waals surface area contributed by atoms with Gasteiger partial charge in [0.2, 0.25) is 0 Å². The van der Waals surface area contributed by atoms with Crippen molar-refractivity contribution in [2.24, 2.45) is 0 Å². The average Bonchev–Trinajstić information content (AvgIpc) is 2.36. The zero-order valence-corrected chi connectivity index (χ0v) is 12.2. The lowest BCUT2D eigenvalue weighted by Gasteiger charge is -2.09. The van der Waals surface area contributed by atoms with Crippen LogP contribution in [0.25, 0.3) is 0 Å². The predicted octanol–water partition coefficient (Wildman–Crippen LogP) is 5.77. The molecule has 0 spiro atoms. The largest absolute Gasteiger partial charge is 0.456 e. The van der Waals surface area contributed by atoms with Gasteiger partial charge in [0.25, 0.3) is 0 Å². The molecule has 0 saturated carbocycles. The summed E-state index contributed by atoms with van der Waals surface area (Å²) in [5.74, 6) is 0.829. The highest BCUT2D eigenvalue weighted by atomic mass is 79.9. The summed E-state index contributed by atoms with van der Waals surface area (Å²) in [7, 11) is 0. The first-order valence-corrected chi connectivity index (χ1v) is 6.78. The van der Waals surface area contributed by atoms with Crippen LogP contribution in [-0.4, -0.2) is 0 Å². The van der Waals surface area contributed by atoms with Gasteiger partial charge in [-0.05, 0) is 39.7 Å². The van der Waals surface area contributed by atoms with Gasteiger partial charge in [0.1, 0.15) is 17.3 Å². The Balaban J connectivity index is 2.30. The van der Waals surface area contributed by atoms with Crippen molar-refractivity contribution in [3.05, 3.63) is 57.3 Å². The summed E-state index contributed by atoms with van der Waals surface area (Å²) in [5, 5.41) is 0.0451. The molecule has 0 radical (unpaired) electrons. The van der Waals surface area contributed by atoms with Crippen LogP contribution < -0.4 is 4.74 Å². The standard InChI is InChI=1S/C13H8BrCl2FO/c14-10-5-11(16)12(17)6-13(10)18-9-3-1-2-8(4-9)7-15/h1-6H,7H2. The Kier molecular flexibility index (Phi) is 4.49. The highest BCUT2D eigenvalue weighted by Gasteiger charge is 2.09. The van der Waals surface area contributed by atoms with Gasteiger partial charge in [-0.25, -0.2) is 4.39 Å². The van der Waals surface area contributed by atoms with Gasteiger partial charge in [0.05, 0.1) is 9.50 Å². The smallest absolute Gasteiger partial charge is 0.145 e. The van der Waals surface area contributed by atoms with Crippen molar-refractivity contribution < 1.29 is 9.13 Å². The molecule has 0 atom stereocenters. The molecule has 0 heterocycles. The predicted molar refractivity (Wildman–Crippen MR) is 75.2 cm³/mol. The molecule has 1 nitrogen and oxygen atoms in total. The molecule has 94 valence electrons. The lowest BCUT2D eigenvalue weighted by molar-refractivity contribution is 0.473. The third-order valence-electron chi connectivity index (χ3n) is 2.26. The number of hydrogen-bond acceptors (Lipinski definition) is 1.